The van der Waals surface area contributed by atoms with Gasteiger partial charge in [-0.25, -0.2) is 13.8 Å². The molecule has 1 amide bonds. The second kappa shape index (κ2) is 9.77. The van der Waals surface area contributed by atoms with Gasteiger partial charge in [0, 0.05) is 12.4 Å². The van der Waals surface area contributed by atoms with Gasteiger partial charge in [-0.05, 0) is 69.7 Å². The van der Waals surface area contributed by atoms with E-state index in [0.717, 1.165) is 5.56 Å². The molecule has 0 aliphatic carbocycles. The number of benzene rings is 1. The Balaban J connectivity index is 1.47. The first-order valence-electron chi connectivity index (χ1n) is 12.2. The highest BCUT2D eigenvalue weighted by Gasteiger charge is 2.44. The van der Waals surface area contributed by atoms with Crippen molar-refractivity contribution in [3.05, 3.63) is 94.7 Å². The third-order valence-electron chi connectivity index (χ3n) is 6.53. The fourth-order valence-electron chi connectivity index (χ4n) is 4.40. The van der Waals surface area contributed by atoms with Crippen molar-refractivity contribution < 1.29 is 27.8 Å². The summed E-state index contributed by atoms with van der Waals surface area (Å²) in [5.74, 6) is -2.35. The number of nitrogens with one attached hydrogen (secondary N) is 1. The molecule has 0 radical (unpaired) electrons. The van der Waals surface area contributed by atoms with Gasteiger partial charge in [-0.3, -0.25) is 14.2 Å². The number of aryl methyl sites for hydroxylation is 2. The van der Waals surface area contributed by atoms with Crippen LogP contribution in [0, 0.1) is 25.5 Å². The standard InChI is InChI=1S/C28H28F2N4O4/c1-17-10-11-31-23(13-17)28(15-37-27(3,4)38-16-28)33-26(35)24-18(2)32-25-22(9-6-12-34(24)25)36-14-19-20(29)7-5-8-21(19)30/h5-13H,14-16H2,1-4H3,(H,33,35). The van der Waals surface area contributed by atoms with Crippen molar-refractivity contribution >= 4 is 11.6 Å². The van der Waals surface area contributed by atoms with Crippen molar-refractivity contribution in [3.8, 4) is 5.75 Å². The van der Waals surface area contributed by atoms with Gasteiger partial charge in [-0.15, -0.1) is 0 Å². The van der Waals surface area contributed by atoms with E-state index in [4.69, 9.17) is 14.2 Å². The second-order valence-corrected chi connectivity index (χ2v) is 9.83. The van der Waals surface area contributed by atoms with E-state index in [2.05, 4.69) is 15.3 Å². The number of nitrogens with zero attached hydrogens (tertiary/aromatic N) is 3. The van der Waals surface area contributed by atoms with Crippen LogP contribution >= 0.6 is 0 Å². The van der Waals surface area contributed by atoms with Gasteiger partial charge in [0.1, 0.15) is 29.5 Å². The predicted molar refractivity (Wildman–Crippen MR) is 135 cm³/mol. The first kappa shape index (κ1) is 25.7. The molecule has 1 aliphatic heterocycles. The van der Waals surface area contributed by atoms with Crippen LogP contribution in [-0.4, -0.2) is 39.3 Å². The number of carbonyl (C=O) groups excluding carboxylic acids is 1. The maximum atomic E-state index is 14.1. The van der Waals surface area contributed by atoms with Crippen LogP contribution in [0.3, 0.4) is 0 Å². The molecule has 198 valence electrons. The van der Waals surface area contributed by atoms with Crippen molar-refractivity contribution in [2.45, 2.75) is 45.6 Å². The number of rotatable bonds is 6. The summed E-state index contributed by atoms with van der Waals surface area (Å²) in [5, 5.41) is 3.09. The molecule has 10 heteroatoms. The summed E-state index contributed by atoms with van der Waals surface area (Å²) in [6, 6.07) is 10.7. The highest BCUT2D eigenvalue weighted by atomic mass is 19.1. The van der Waals surface area contributed by atoms with Gasteiger partial charge in [-0.2, -0.15) is 0 Å². The molecule has 38 heavy (non-hydrogen) atoms. The minimum Gasteiger partial charge on any atom is -0.485 e. The van der Waals surface area contributed by atoms with E-state index in [0.29, 0.717) is 17.0 Å². The molecule has 1 N–H and O–H groups in total. The molecule has 0 spiro atoms. The van der Waals surface area contributed by atoms with E-state index in [-0.39, 0.29) is 36.8 Å². The molecule has 1 aliphatic rings. The molecule has 0 bridgehead atoms. The lowest BCUT2D eigenvalue weighted by atomic mass is 9.93. The summed E-state index contributed by atoms with van der Waals surface area (Å²) < 4.78 is 47.4. The van der Waals surface area contributed by atoms with E-state index in [9.17, 15) is 13.6 Å². The van der Waals surface area contributed by atoms with Crippen LogP contribution in [0.4, 0.5) is 8.78 Å². The highest BCUT2D eigenvalue weighted by Crippen LogP contribution is 2.32. The number of ether oxygens (including phenoxy) is 3. The van der Waals surface area contributed by atoms with Gasteiger partial charge >= 0.3 is 0 Å². The summed E-state index contributed by atoms with van der Waals surface area (Å²) in [6.07, 6.45) is 3.36. The van der Waals surface area contributed by atoms with E-state index in [1.54, 1.807) is 35.9 Å². The number of pyridine rings is 2. The van der Waals surface area contributed by atoms with Gasteiger partial charge in [0.05, 0.1) is 30.2 Å². The first-order valence-corrected chi connectivity index (χ1v) is 12.2. The van der Waals surface area contributed by atoms with E-state index in [1.165, 1.54) is 18.2 Å². The highest BCUT2D eigenvalue weighted by molar-refractivity contribution is 5.95. The fraction of sp³-hybridized carbons (Fsp3) is 0.321. The maximum absolute atomic E-state index is 14.1. The van der Waals surface area contributed by atoms with Crippen LogP contribution in [0.5, 0.6) is 5.75 Å². The lowest BCUT2D eigenvalue weighted by Crippen LogP contribution is -2.59. The van der Waals surface area contributed by atoms with Gasteiger partial charge < -0.3 is 19.5 Å². The van der Waals surface area contributed by atoms with E-state index < -0.39 is 28.9 Å². The van der Waals surface area contributed by atoms with Crippen LogP contribution in [0.1, 0.15) is 46.9 Å². The summed E-state index contributed by atoms with van der Waals surface area (Å²) >= 11 is 0. The first-order chi connectivity index (χ1) is 18.1. The monoisotopic (exact) mass is 522 g/mol. The van der Waals surface area contributed by atoms with Crippen LogP contribution < -0.4 is 10.1 Å². The molecule has 4 heterocycles. The van der Waals surface area contributed by atoms with Crippen LogP contribution in [0.15, 0.2) is 54.9 Å². The van der Waals surface area contributed by atoms with Crippen molar-refractivity contribution in [3.63, 3.8) is 0 Å². The normalized spacial score (nSPS) is 16.4. The second-order valence-electron chi connectivity index (χ2n) is 9.83. The summed E-state index contributed by atoms with van der Waals surface area (Å²) in [6.45, 7) is 7.24. The summed E-state index contributed by atoms with van der Waals surface area (Å²) in [7, 11) is 0. The Morgan fingerprint density at radius 1 is 1.11 bits per heavy atom. The van der Waals surface area contributed by atoms with E-state index >= 15 is 0 Å². The number of fused-ring (bicyclic) bond motifs is 1. The molecule has 1 saturated heterocycles. The summed E-state index contributed by atoms with van der Waals surface area (Å²) in [5.41, 5.74) is 1.43. The van der Waals surface area contributed by atoms with Gasteiger partial charge in [0.2, 0.25) is 0 Å². The smallest absolute Gasteiger partial charge is 0.271 e. The SMILES string of the molecule is Cc1ccnc(C2(NC(=O)c3c(C)nc4c(OCc5c(F)cccc5F)cccn34)COC(C)(C)OC2)c1. The Kier molecular flexibility index (Phi) is 6.62. The van der Waals surface area contributed by atoms with Crippen molar-refractivity contribution in [2.24, 2.45) is 0 Å². The number of aromatic nitrogens is 3. The molecule has 4 aromatic rings. The molecule has 0 unspecified atom stereocenters. The number of hydrogen-bond acceptors (Lipinski definition) is 6. The van der Waals surface area contributed by atoms with Crippen molar-refractivity contribution in [2.75, 3.05) is 13.2 Å². The Morgan fingerprint density at radius 3 is 2.50 bits per heavy atom. The molecule has 1 fully saturated rings. The van der Waals surface area contributed by atoms with Crippen molar-refractivity contribution in [1.82, 2.24) is 19.7 Å². The van der Waals surface area contributed by atoms with Gasteiger partial charge in [-0.1, -0.05) is 6.07 Å². The Labute approximate surface area is 218 Å². The molecule has 1 aromatic carbocycles. The van der Waals surface area contributed by atoms with Gasteiger partial charge in [0.25, 0.3) is 5.91 Å². The average Bonchev–Trinajstić information content (AvgIpc) is 3.22. The largest absolute Gasteiger partial charge is 0.485 e. The Bertz CT molecular complexity index is 1490. The number of halogens is 2. The lowest BCUT2D eigenvalue weighted by Gasteiger charge is -2.43. The molecular formula is C28H28F2N4O4. The third kappa shape index (κ3) is 4.84. The maximum Gasteiger partial charge on any atom is 0.271 e. The number of imidazole rings is 1. The predicted octanol–water partition coefficient (Wildman–Crippen LogP) is 4.61. The van der Waals surface area contributed by atoms with Crippen LogP contribution in [0.25, 0.3) is 5.65 Å². The molecule has 8 nitrogen and oxygen atoms in total. The summed E-state index contributed by atoms with van der Waals surface area (Å²) in [4.78, 5) is 22.8. The molecule has 5 rings (SSSR count). The molecule has 0 saturated carbocycles. The number of amides is 1. The zero-order valence-electron chi connectivity index (χ0n) is 21.5. The third-order valence-corrected chi connectivity index (χ3v) is 6.53. The zero-order chi connectivity index (χ0) is 27.1. The van der Waals surface area contributed by atoms with E-state index in [1.807, 2.05) is 32.9 Å². The number of hydrogen-bond donors (Lipinski definition) is 1. The zero-order valence-corrected chi connectivity index (χ0v) is 21.5. The van der Waals surface area contributed by atoms with Gasteiger partial charge in [0.15, 0.2) is 17.2 Å². The topological polar surface area (TPSA) is 87.0 Å². The fourth-order valence-corrected chi connectivity index (χ4v) is 4.40. The molecular weight excluding hydrogens is 494 g/mol. The lowest BCUT2D eigenvalue weighted by molar-refractivity contribution is -0.272. The minimum atomic E-state index is -1.04. The quantitative estimate of drug-likeness (QED) is 0.398. The Hall–Kier alpha value is -3.89. The van der Waals surface area contributed by atoms with Crippen LogP contribution in [-0.2, 0) is 21.6 Å². The number of carbonyl (C=O) groups is 1. The van der Waals surface area contributed by atoms with Crippen LogP contribution in [0.2, 0.25) is 0 Å². The average molecular weight is 523 g/mol. The minimum absolute atomic E-state index is 0.153. The Morgan fingerprint density at radius 2 is 1.82 bits per heavy atom. The van der Waals surface area contributed by atoms with Crippen molar-refractivity contribution in [1.29, 1.82) is 0 Å². The molecule has 0 atom stereocenters. The molecule has 3 aromatic heterocycles.